The number of thioether (sulfide) groups is 1. The van der Waals surface area contributed by atoms with Gasteiger partial charge in [-0.1, -0.05) is 0 Å². The van der Waals surface area contributed by atoms with Gasteiger partial charge < -0.3 is 19.5 Å². The lowest BCUT2D eigenvalue weighted by molar-refractivity contribution is -0.115. The Labute approximate surface area is 173 Å². The summed E-state index contributed by atoms with van der Waals surface area (Å²) in [7, 11) is 3.00. The van der Waals surface area contributed by atoms with Crippen LogP contribution < -0.4 is 19.5 Å². The zero-order valence-electron chi connectivity index (χ0n) is 14.9. The molecular formula is C19H15BrN2O5S. The van der Waals surface area contributed by atoms with E-state index in [4.69, 9.17) is 19.6 Å². The molecule has 0 atom stereocenters. The fraction of sp³-hybridized carbons (Fsp3) is 0.105. The fourth-order valence-corrected chi connectivity index (χ4v) is 3.64. The van der Waals surface area contributed by atoms with Gasteiger partial charge in [-0.25, -0.2) is 4.79 Å². The quantitative estimate of drug-likeness (QED) is 0.398. The van der Waals surface area contributed by atoms with Gasteiger partial charge in [0, 0.05) is 0 Å². The molecule has 0 bridgehead atoms. The number of esters is 1. The molecule has 28 heavy (non-hydrogen) atoms. The number of ether oxygens (including phenoxy) is 3. The molecule has 1 heterocycles. The lowest BCUT2D eigenvalue weighted by Gasteiger charge is -2.12. The molecule has 1 aliphatic heterocycles. The number of carbonyl (C=O) groups excluding carboxylic acids is 2. The summed E-state index contributed by atoms with van der Waals surface area (Å²) in [5.41, 5.74) is 1.01. The highest BCUT2D eigenvalue weighted by atomic mass is 79.9. The molecule has 1 aliphatic rings. The summed E-state index contributed by atoms with van der Waals surface area (Å²) >= 11 is 4.42. The molecule has 2 aromatic carbocycles. The van der Waals surface area contributed by atoms with Crippen molar-refractivity contribution in [1.82, 2.24) is 5.32 Å². The summed E-state index contributed by atoms with van der Waals surface area (Å²) in [4.78, 5) is 24.6. The maximum absolute atomic E-state index is 12.4. The van der Waals surface area contributed by atoms with E-state index in [1.54, 1.807) is 49.6 Å². The van der Waals surface area contributed by atoms with E-state index in [9.17, 15) is 9.59 Å². The lowest BCUT2D eigenvalue weighted by atomic mass is 10.1. The van der Waals surface area contributed by atoms with E-state index < -0.39 is 5.97 Å². The van der Waals surface area contributed by atoms with Crippen molar-refractivity contribution in [2.24, 2.45) is 0 Å². The third kappa shape index (κ3) is 4.37. The van der Waals surface area contributed by atoms with Gasteiger partial charge in [-0.2, -0.15) is 0 Å². The second-order valence-corrected chi connectivity index (χ2v) is 7.45. The molecule has 1 saturated heterocycles. The molecule has 0 aromatic heterocycles. The first-order valence-electron chi connectivity index (χ1n) is 7.94. The Morgan fingerprint density at radius 3 is 2.46 bits per heavy atom. The van der Waals surface area contributed by atoms with Crippen molar-refractivity contribution in [3.05, 3.63) is 56.9 Å². The van der Waals surface area contributed by atoms with Gasteiger partial charge in [0.1, 0.15) is 5.75 Å². The number of rotatable bonds is 5. The van der Waals surface area contributed by atoms with E-state index in [0.717, 1.165) is 11.8 Å². The first-order chi connectivity index (χ1) is 13.4. The first-order valence-corrected chi connectivity index (χ1v) is 9.55. The number of methoxy groups -OCH3 is 2. The van der Waals surface area contributed by atoms with E-state index in [-0.39, 0.29) is 16.8 Å². The van der Waals surface area contributed by atoms with Crippen LogP contribution in [0.1, 0.15) is 15.9 Å². The normalized spacial score (nSPS) is 14.8. The average molecular weight is 463 g/mol. The number of amides is 1. The van der Waals surface area contributed by atoms with Gasteiger partial charge in [-0.05, 0) is 75.7 Å². The summed E-state index contributed by atoms with van der Waals surface area (Å²) in [5.74, 6) is 0.296. The van der Waals surface area contributed by atoms with Crippen LogP contribution in [0.4, 0.5) is 0 Å². The predicted molar refractivity (Wildman–Crippen MR) is 110 cm³/mol. The Kier molecular flexibility index (Phi) is 6.05. The SMILES string of the molecule is COc1ccc(C(=O)Oc2c(Br)cc(/C=C3\SC(=N)NC3=O)cc2OC)cc1. The molecule has 0 aliphatic carbocycles. The molecule has 0 saturated carbocycles. The molecule has 0 radical (unpaired) electrons. The van der Waals surface area contributed by atoms with Crippen LogP contribution >= 0.6 is 27.7 Å². The van der Waals surface area contributed by atoms with Crippen LogP contribution in [0.15, 0.2) is 45.8 Å². The number of amidine groups is 1. The third-order valence-electron chi connectivity index (χ3n) is 3.73. The van der Waals surface area contributed by atoms with Gasteiger partial charge in [0.25, 0.3) is 5.91 Å². The highest BCUT2D eigenvalue weighted by Gasteiger charge is 2.23. The summed E-state index contributed by atoms with van der Waals surface area (Å²) in [6.45, 7) is 0. The number of hydrogen-bond donors (Lipinski definition) is 2. The number of halogens is 1. The fourth-order valence-electron chi connectivity index (χ4n) is 2.39. The van der Waals surface area contributed by atoms with Gasteiger partial charge in [-0.15, -0.1) is 0 Å². The van der Waals surface area contributed by atoms with Crippen LogP contribution in [-0.4, -0.2) is 31.3 Å². The number of nitrogens with one attached hydrogen (secondary N) is 2. The van der Waals surface area contributed by atoms with Crippen LogP contribution in [0.25, 0.3) is 6.08 Å². The minimum atomic E-state index is -0.549. The van der Waals surface area contributed by atoms with Crippen LogP contribution in [0.3, 0.4) is 0 Å². The molecule has 0 unspecified atom stereocenters. The van der Waals surface area contributed by atoms with Crippen molar-refractivity contribution < 1.29 is 23.8 Å². The summed E-state index contributed by atoms with van der Waals surface area (Å²) in [6, 6.07) is 9.88. The Hall–Kier alpha value is -2.78. The molecule has 9 heteroatoms. The van der Waals surface area contributed by atoms with Crippen LogP contribution in [-0.2, 0) is 4.79 Å². The van der Waals surface area contributed by atoms with Crippen molar-refractivity contribution in [2.75, 3.05) is 14.2 Å². The average Bonchev–Trinajstić information content (AvgIpc) is 3.00. The van der Waals surface area contributed by atoms with Crippen LogP contribution in [0, 0.1) is 5.41 Å². The van der Waals surface area contributed by atoms with Crippen LogP contribution in [0.5, 0.6) is 17.2 Å². The zero-order valence-corrected chi connectivity index (χ0v) is 17.3. The van der Waals surface area contributed by atoms with Gasteiger partial charge in [0.05, 0.1) is 29.2 Å². The van der Waals surface area contributed by atoms with Gasteiger partial charge in [-0.3, -0.25) is 10.2 Å². The van der Waals surface area contributed by atoms with Gasteiger partial charge >= 0.3 is 5.97 Å². The van der Waals surface area contributed by atoms with E-state index in [1.807, 2.05) is 0 Å². The van der Waals surface area contributed by atoms with E-state index in [1.165, 1.54) is 7.11 Å². The minimum Gasteiger partial charge on any atom is -0.497 e. The first kappa shape index (κ1) is 20.0. The minimum absolute atomic E-state index is 0.0762. The Balaban J connectivity index is 1.87. The highest BCUT2D eigenvalue weighted by Crippen LogP contribution is 2.38. The maximum Gasteiger partial charge on any atom is 0.343 e. The summed E-state index contributed by atoms with van der Waals surface area (Å²) in [5, 5.41) is 9.99. The Bertz CT molecular complexity index is 989. The van der Waals surface area contributed by atoms with E-state index >= 15 is 0 Å². The van der Waals surface area contributed by atoms with Crippen molar-refractivity contribution in [1.29, 1.82) is 5.41 Å². The molecule has 3 rings (SSSR count). The lowest BCUT2D eigenvalue weighted by Crippen LogP contribution is -2.18. The van der Waals surface area contributed by atoms with Crippen molar-refractivity contribution >= 4 is 50.8 Å². The standard InChI is InChI=1S/C19H15BrN2O5S/c1-25-12-5-3-11(4-6-12)18(24)27-16-13(20)7-10(8-14(16)26-2)9-15-17(23)22-19(21)28-15/h3-9H,1-2H3,(H2,21,22,23)/b15-9-. The molecule has 0 spiro atoms. The van der Waals surface area contributed by atoms with Crippen molar-refractivity contribution in [3.63, 3.8) is 0 Å². The van der Waals surface area contributed by atoms with E-state index in [0.29, 0.717) is 32.0 Å². The smallest absolute Gasteiger partial charge is 0.343 e. The van der Waals surface area contributed by atoms with E-state index in [2.05, 4.69) is 21.2 Å². The molecule has 1 amide bonds. The largest absolute Gasteiger partial charge is 0.497 e. The molecule has 2 aromatic rings. The third-order valence-corrected chi connectivity index (χ3v) is 5.15. The number of carbonyl (C=O) groups is 2. The summed E-state index contributed by atoms with van der Waals surface area (Å²) < 4.78 is 16.4. The molecule has 7 nitrogen and oxygen atoms in total. The van der Waals surface area contributed by atoms with Gasteiger partial charge in [0.15, 0.2) is 16.7 Å². The topological polar surface area (TPSA) is 97.7 Å². The monoisotopic (exact) mass is 462 g/mol. The predicted octanol–water partition coefficient (Wildman–Crippen LogP) is 3.82. The van der Waals surface area contributed by atoms with Crippen LogP contribution in [0.2, 0.25) is 0 Å². The zero-order chi connectivity index (χ0) is 20.3. The number of hydrogen-bond acceptors (Lipinski definition) is 7. The second-order valence-electron chi connectivity index (χ2n) is 5.55. The molecule has 2 N–H and O–H groups in total. The number of benzene rings is 2. The van der Waals surface area contributed by atoms with Crippen molar-refractivity contribution in [3.8, 4) is 17.2 Å². The summed E-state index contributed by atoms with van der Waals surface area (Å²) in [6.07, 6.45) is 1.63. The highest BCUT2D eigenvalue weighted by molar-refractivity contribution is 9.10. The maximum atomic E-state index is 12.4. The van der Waals surface area contributed by atoms with Gasteiger partial charge in [0.2, 0.25) is 0 Å². The molecule has 144 valence electrons. The molecule has 1 fully saturated rings. The van der Waals surface area contributed by atoms with Crippen molar-refractivity contribution in [2.45, 2.75) is 0 Å². The Morgan fingerprint density at radius 2 is 1.89 bits per heavy atom. The Morgan fingerprint density at radius 1 is 1.18 bits per heavy atom. The second kappa shape index (κ2) is 8.49. The molecular weight excluding hydrogens is 448 g/mol.